The molecule has 17 heavy (non-hydrogen) atoms. The van der Waals surface area contributed by atoms with Crippen LogP contribution in [0.4, 0.5) is 0 Å². The Balaban J connectivity index is 2.01. The summed E-state index contributed by atoms with van der Waals surface area (Å²) in [6, 6.07) is 3.62. The SMILES string of the molecule is Cn1cc(CCC(=O)c2ncccc2Br)cn1. The zero-order valence-electron chi connectivity index (χ0n) is 9.43. The summed E-state index contributed by atoms with van der Waals surface area (Å²) >= 11 is 3.33. The van der Waals surface area contributed by atoms with Crippen molar-refractivity contribution in [2.24, 2.45) is 7.05 Å². The van der Waals surface area contributed by atoms with E-state index >= 15 is 0 Å². The molecule has 0 saturated carbocycles. The van der Waals surface area contributed by atoms with Gasteiger partial charge >= 0.3 is 0 Å². The van der Waals surface area contributed by atoms with Gasteiger partial charge in [0.25, 0.3) is 0 Å². The fraction of sp³-hybridized carbons (Fsp3) is 0.250. The summed E-state index contributed by atoms with van der Waals surface area (Å²) in [5.41, 5.74) is 1.56. The number of hydrogen-bond acceptors (Lipinski definition) is 3. The highest BCUT2D eigenvalue weighted by Crippen LogP contribution is 2.16. The summed E-state index contributed by atoms with van der Waals surface area (Å²) in [6.45, 7) is 0. The molecule has 0 aromatic carbocycles. The van der Waals surface area contributed by atoms with Gasteiger partial charge in [-0.05, 0) is 40.0 Å². The molecule has 0 bridgehead atoms. The van der Waals surface area contributed by atoms with Crippen molar-refractivity contribution in [1.29, 1.82) is 0 Å². The van der Waals surface area contributed by atoms with Gasteiger partial charge in [-0.2, -0.15) is 5.10 Å². The summed E-state index contributed by atoms with van der Waals surface area (Å²) in [5.74, 6) is 0.0429. The lowest BCUT2D eigenvalue weighted by Gasteiger charge is -2.01. The second-order valence-corrected chi connectivity index (χ2v) is 4.63. The van der Waals surface area contributed by atoms with Crippen molar-refractivity contribution >= 4 is 21.7 Å². The van der Waals surface area contributed by atoms with Gasteiger partial charge in [-0.1, -0.05) is 0 Å². The average molecular weight is 294 g/mol. The molecule has 0 unspecified atom stereocenters. The van der Waals surface area contributed by atoms with Crippen LogP contribution in [0.1, 0.15) is 22.5 Å². The number of aromatic nitrogens is 3. The molecule has 2 aromatic heterocycles. The van der Waals surface area contributed by atoms with Gasteiger partial charge in [0.05, 0.1) is 6.20 Å². The Bertz CT molecular complexity index is 536. The maximum Gasteiger partial charge on any atom is 0.182 e. The largest absolute Gasteiger partial charge is 0.292 e. The third kappa shape index (κ3) is 3.00. The molecule has 0 spiro atoms. The molecule has 88 valence electrons. The molecule has 5 heteroatoms. The molecule has 0 amide bonds. The summed E-state index contributed by atoms with van der Waals surface area (Å²) in [6.07, 6.45) is 6.46. The molecule has 0 radical (unpaired) electrons. The molecule has 0 atom stereocenters. The van der Waals surface area contributed by atoms with Gasteiger partial charge in [0.1, 0.15) is 5.69 Å². The quantitative estimate of drug-likeness (QED) is 0.813. The van der Waals surface area contributed by atoms with E-state index in [1.54, 1.807) is 23.1 Å². The van der Waals surface area contributed by atoms with Crippen molar-refractivity contribution in [3.63, 3.8) is 0 Å². The van der Waals surface area contributed by atoms with Gasteiger partial charge in [0, 0.05) is 30.3 Å². The number of aryl methyl sites for hydroxylation is 2. The molecule has 2 rings (SSSR count). The minimum absolute atomic E-state index is 0.0429. The van der Waals surface area contributed by atoms with Crippen LogP contribution in [0.15, 0.2) is 35.2 Å². The van der Waals surface area contributed by atoms with Crippen LogP contribution in [0.3, 0.4) is 0 Å². The van der Waals surface area contributed by atoms with Gasteiger partial charge in [0.2, 0.25) is 0 Å². The van der Waals surface area contributed by atoms with Crippen molar-refractivity contribution in [2.45, 2.75) is 12.8 Å². The lowest BCUT2D eigenvalue weighted by Crippen LogP contribution is -2.04. The fourth-order valence-corrected chi connectivity index (χ4v) is 2.04. The lowest BCUT2D eigenvalue weighted by molar-refractivity contribution is 0.0977. The summed E-state index contributed by atoms with van der Waals surface area (Å²) in [4.78, 5) is 16.0. The van der Waals surface area contributed by atoms with E-state index in [0.29, 0.717) is 18.5 Å². The average Bonchev–Trinajstić information content (AvgIpc) is 2.73. The van der Waals surface area contributed by atoms with Crippen LogP contribution in [-0.2, 0) is 13.5 Å². The Labute approximate surface area is 108 Å². The van der Waals surface area contributed by atoms with E-state index < -0.39 is 0 Å². The maximum atomic E-state index is 11.9. The predicted octanol–water partition coefficient (Wildman–Crippen LogP) is 2.39. The number of carbonyl (C=O) groups excluding carboxylic acids is 1. The molecular formula is C12H12BrN3O. The summed E-state index contributed by atoms with van der Waals surface area (Å²) < 4.78 is 2.48. The monoisotopic (exact) mass is 293 g/mol. The van der Waals surface area contributed by atoms with Crippen molar-refractivity contribution < 1.29 is 4.79 Å². The van der Waals surface area contributed by atoms with E-state index in [4.69, 9.17) is 0 Å². The summed E-state index contributed by atoms with van der Waals surface area (Å²) in [7, 11) is 1.86. The van der Waals surface area contributed by atoms with Gasteiger partial charge in [-0.3, -0.25) is 14.5 Å². The number of halogens is 1. The standard InChI is InChI=1S/C12H12BrN3O/c1-16-8-9(7-15-16)4-5-11(17)12-10(13)3-2-6-14-12/h2-3,6-8H,4-5H2,1H3. The van der Waals surface area contributed by atoms with Crippen LogP contribution in [0.2, 0.25) is 0 Å². The molecule has 0 fully saturated rings. The Morgan fingerprint density at radius 1 is 1.53 bits per heavy atom. The van der Waals surface area contributed by atoms with Crippen LogP contribution in [-0.4, -0.2) is 20.5 Å². The predicted molar refractivity (Wildman–Crippen MR) is 67.8 cm³/mol. The first-order chi connectivity index (χ1) is 8.16. The smallest absolute Gasteiger partial charge is 0.182 e. The molecule has 4 nitrogen and oxygen atoms in total. The Morgan fingerprint density at radius 2 is 2.35 bits per heavy atom. The van der Waals surface area contributed by atoms with Crippen LogP contribution in [0.25, 0.3) is 0 Å². The van der Waals surface area contributed by atoms with E-state index in [2.05, 4.69) is 26.0 Å². The van der Waals surface area contributed by atoms with E-state index in [1.165, 1.54) is 0 Å². The van der Waals surface area contributed by atoms with E-state index in [0.717, 1.165) is 10.0 Å². The van der Waals surface area contributed by atoms with E-state index in [9.17, 15) is 4.79 Å². The fourth-order valence-electron chi connectivity index (χ4n) is 1.57. The van der Waals surface area contributed by atoms with Crippen LogP contribution in [0.5, 0.6) is 0 Å². The van der Waals surface area contributed by atoms with E-state index in [-0.39, 0.29) is 5.78 Å². The van der Waals surface area contributed by atoms with Crippen LogP contribution in [0, 0.1) is 0 Å². The first kappa shape index (κ1) is 12.0. The van der Waals surface area contributed by atoms with Gasteiger partial charge < -0.3 is 0 Å². The molecular weight excluding hydrogens is 282 g/mol. The molecule has 2 heterocycles. The minimum Gasteiger partial charge on any atom is -0.292 e. The van der Waals surface area contributed by atoms with Gasteiger partial charge in [-0.15, -0.1) is 0 Å². The maximum absolute atomic E-state index is 11.9. The Kier molecular flexibility index (Phi) is 3.68. The number of ketones is 1. The number of nitrogens with zero attached hydrogens (tertiary/aromatic N) is 3. The highest BCUT2D eigenvalue weighted by molar-refractivity contribution is 9.10. The van der Waals surface area contributed by atoms with Crippen LogP contribution < -0.4 is 0 Å². The highest BCUT2D eigenvalue weighted by atomic mass is 79.9. The van der Waals surface area contributed by atoms with Crippen LogP contribution >= 0.6 is 15.9 Å². The lowest BCUT2D eigenvalue weighted by atomic mass is 10.1. The van der Waals surface area contributed by atoms with Crippen molar-refractivity contribution in [3.05, 3.63) is 46.5 Å². The second-order valence-electron chi connectivity index (χ2n) is 3.78. The van der Waals surface area contributed by atoms with E-state index in [1.807, 2.05) is 19.3 Å². The molecule has 0 aliphatic heterocycles. The number of pyridine rings is 1. The second kappa shape index (κ2) is 5.23. The number of carbonyl (C=O) groups is 1. The van der Waals surface area contributed by atoms with Gasteiger partial charge in [-0.25, -0.2) is 0 Å². The molecule has 2 aromatic rings. The topological polar surface area (TPSA) is 47.8 Å². The number of rotatable bonds is 4. The summed E-state index contributed by atoms with van der Waals surface area (Å²) in [5, 5.41) is 4.07. The first-order valence-corrected chi connectivity index (χ1v) is 6.07. The van der Waals surface area contributed by atoms with Crippen molar-refractivity contribution in [3.8, 4) is 0 Å². The third-order valence-corrected chi connectivity index (χ3v) is 3.06. The number of Topliss-reactive ketones (excluding diaryl/α,β-unsaturated/α-hetero) is 1. The number of hydrogen-bond donors (Lipinski definition) is 0. The van der Waals surface area contributed by atoms with Crippen molar-refractivity contribution in [2.75, 3.05) is 0 Å². The third-order valence-electron chi connectivity index (χ3n) is 2.42. The van der Waals surface area contributed by atoms with Gasteiger partial charge in [0.15, 0.2) is 5.78 Å². The highest BCUT2D eigenvalue weighted by Gasteiger charge is 2.11. The molecule has 0 N–H and O–H groups in total. The Morgan fingerprint density at radius 3 is 3.00 bits per heavy atom. The normalized spacial score (nSPS) is 10.5. The molecule has 0 aliphatic rings. The molecule has 0 aliphatic carbocycles. The minimum atomic E-state index is 0.0429. The molecule has 0 saturated heterocycles. The first-order valence-electron chi connectivity index (χ1n) is 5.28. The zero-order valence-corrected chi connectivity index (χ0v) is 11.0. The zero-order chi connectivity index (χ0) is 12.3. The van der Waals surface area contributed by atoms with Crippen molar-refractivity contribution in [1.82, 2.24) is 14.8 Å². The Hall–Kier alpha value is -1.49.